The maximum Gasteiger partial charge on any atom is 0.232 e. The molecule has 2 aromatic rings. The number of nitrogens with one attached hydrogen (secondary N) is 1. The number of methoxy groups -OCH3 is 2. The zero-order valence-corrected chi connectivity index (χ0v) is 19.8. The summed E-state index contributed by atoms with van der Waals surface area (Å²) in [5.41, 5.74) is 1.46. The van der Waals surface area contributed by atoms with E-state index in [0.29, 0.717) is 35.2 Å². The molecule has 0 aliphatic heterocycles. The van der Waals surface area contributed by atoms with E-state index in [1.165, 1.54) is 30.7 Å². The first kappa shape index (κ1) is 24.8. The van der Waals surface area contributed by atoms with Crippen LogP contribution in [0.4, 0.5) is 5.69 Å². The van der Waals surface area contributed by atoms with Gasteiger partial charge in [0.15, 0.2) is 0 Å². The van der Waals surface area contributed by atoms with Crippen LogP contribution >= 0.6 is 11.6 Å². The van der Waals surface area contributed by atoms with Crippen molar-refractivity contribution in [1.29, 1.82) is 0 Å². The maximum absolute atomic E-state index is 12.4. The van der Waals surface area contributed by atoms with E-state index in [2.05, 4.69) is 5.32 Å². The summed E-state index contributed by atoms with van der Waals surface area (Å²) in [5, 5.41) is 3.22. The third kappa shape index (κ3) is 7.04. The number of halogens is 1. The van der Waals surface area contributed by atoms with Gasteiger partial charge in [-0.15, -0.1) is 0 Å². The second-order valence-electron chi connectivity index (χ2n) is 7.21. The number of rotatable bonds is 11. The molecule has 0 spiro atoms. The Bertz CT molecular complexity index is 983. The Hall–Kier alpha value is -2.45. The van der Waals surface area contributed by atoms with Crippen molar-refractivity contribution in [2.75, 3.05) is 37.9 Å². The van der Waals surface area contributed by atoms with Crippen molar-refractivity contribution in [2.24, 2.45) is 0 Å². The summed E-state index contributed by atoms with van der Waals surface area (Å²) in [6, 6.07) is 13.0. The van der Waals surface area contributed by atoms with Crippen molar-refractivity contribution in [2.45, 2.75) is 25.7 Å². The van der Waals surface area contributed by atoms with Crippen molar-refractivity contribution in [1.82, 2.24) is 5.32 Å². The van der Waals surface area contributed by atoms with Crippen LogP contribution in [0.2, 0.25) is 5.02 Å². The Morgan fingerprint density at radius 3 is 2.35 bits per heavy atom. The number of carbonyl (C=O) groups is 1. The Balaban J connectivity index is 2.01. The average Bonchev–Trinajstić information content (AvgIpc) is 2.74. The lowest BCUT2D eigenvalue weighted by atomic mass is 10.0. The molecule has 0 saturated carbocycles. The fraction of sp³-hybridized carbons (Fsp3) is 0.409. The second-order valence-corrected chi connectivity index (χ2v) is 9.53. The van der Waals surface area contributed by atoms with Gasteiger partial charge in [-0.3, -0.25) is 9.10 Å². The first-order chi connectivity index (χ1) is 14.7. The quantitative estimate of drug-likeness (QED) is 0.541. The van der Waals surface area contributed by atoms with Gasteiger partial charge < -0.3 is 14.8 Å². The minimum atomic E-state index is -3.63. The van der Waals surface area contributed by atoms with Gasteiger partial charge in [0.1, 0.15) is 11.5 Å². The van der Waals surface area contributed by atoms with Crippen LogP contribution in [0, 0.1) is 0 Å². The smallest absolute Gasteiger partial charge is 0.232 e. The van der Waals surface area contributed by atoms with E-state index in [9.17, 15) is 13.2 Å². The van der Waals surface area contributed by atoms with Gasteiger partial charge in [0.25, 0.3) is 0 Å². The highest BCUT2D eigenvalue weighted by Crippen LogP contribution is 2.39. The van der Waals surface area contributed by atoms with Gasteiger partial charge in [-0.1, -0.05) is 48.9 Å². The second kappa shape index (κ2) is 11.2. The molecule has 2 aromatic carbocycles. The van der Waals surface area contributed by atoms with Gasteiger partial charge >= 0.3 is 0 Å². The van der Waals surface area contributed by atoms with Gasteiger partial charge in [-0.25, -0.2) is 8.42 Å². The van der Waals surface area contributed by atoms with Crippen LogP contribution in [-0.2, 0) is 14.8 Å². The number of carbonyl (C=O) groups excluding carboxylic acids is 1. The van der Waals surface area contributed by atoms with Gasteiger partial charge in [0, 0.05) is 31.6 Å². The molecule has 0 fully saturated rings. The summed E-state index contributed by atoms with van der Waals surface area (Å²) in [6.07, 6.45) is 1.64. The molecule has 170 valence electrons. The molecule has 0 saturated heterocycles. The first-order valence-electron chi connectivity index (χ1n) is 9.88. The molecule has 0 aliphatic rings. The van der Waals surface area contributed by atoms with Crippen LogP contribution in [0.1, 0.15) is 31.2 Å². The molecule has 1 atom stereocenters. The average molecular weight is 469 g/mol. The Morgan fingerprint density at radius 1 is 1.13 bits per heavy atom. The molecule has 0 unspecified atom stereocenters. The molecule has 1 amide bonds. The summed E-state index contributed by atoms with van der Waals surface area (Å²) < 4.78 is 36.6. The fourth-order valence-electron chi connectivity index (χ4n) is 3.14. The van der Waals surface area contributed by atoms with Crippen molar-refractivity contribution >= 4 is 33.2 Å². The fourth-order valence-corrected chi connectivity index (χ4v) is 4.33. The predicted molar refractivity (Wildman–Crippen MR) is 124 cm³/mol. The van der Waals surface area contributed by atoms with Gasteiger partial charge in [0.2, 0.25) is 15.9 Å². The number of benzene rings is 2. The molecule has 0 bridgehead atoms. The number of nitrogens with zero attached hydrogens (tertiary/aromatic N) is 1. The largest absolute Gasteiger partial charge is 0.495 e. The zero-order valence-electron chi connectivity index (χ0n) is 18.2. The predicted octanol–water partition coefficient (Wildman–Crippen LogP) is 3.82. The Morgan fingerprint density at radius 2 is 1.77 bits per heavy atom. The van der Waals surface area contributed by atoms with Crippen LogP contribution in [-0.4, -0.2) is 47.9 Å². The summed E-state index contributed by atoms with van der Waals surface area (Å²) in [5.74, 6) is 0.691. The van der Waals surface area contributed by atoms with E-state index in [4.69, 9.17) is 21.1 Å². The van der Waals surface area contributed by atoms with Crippen LogP contribution in [0.15, 0.2) is 42.5 Å². The molecule has 0 aromatic heterocycles. The number of hydrogen-bond acceptors (Lipinski definition) is 5. The summed E-state index contributed by atoms with van der Waals surface area (Å²) in [4.78, 5) is 12.3. The van der Waals surface area contributed by atoms with E-state index in [-0.39, 0.29) is 24.8 Å². The SMILES string of the molecule is COc1cc(N(CCCC(=O)NC[C@H](C)c2ccccc2)S(C)(=O)=O)c(OC)cc1Cl. The normalized spacial score (nSPS) is 12.2. The maximum atomic E-state index is 12.4. The number of anilines is 1. The minimum absolute atomic E-state index is 0.113. The molecule has 31 heavy (non-hydrogen) atoms. The third-order valence-electron chi connectivity index (χ3n) is 4.86. The Labute approximate surface area is 189 Å². The van der Waals surface area contributed by atoms with E-state index < -0.39 is 10.0 Å². The summed E-state index contributed by atoms with van der Waals surface area (Å²) in [6.45, 7) is 2.67. The Kier molecular flexibility index (Phi) is 9.00. The van der Waals surface area contributed by atoms with Crippen LogP contribution in [0.25, 0.3) is 0 Å². The molecule has 9 heteroatoms. The van der Waals surface area contributed by atoms with E-state index in [1.54, 1.807) is 0 Å². The first-order valence-corrected chi connectivity index (χ1v) is 12.1. The van der Waals surface area contributed by atoms with E-state index in [1.807, 2.05) is 37.3 Å². The lowest BCUT2D eigenvalue weighted by molar-refractivity contribution is -0.121. The standard InChI is InChI=1S/C22H29ClN2O5S/c1-16(17-9-6-5-7-10-17)15-24-22(26)11-8-12-25(31(4,27)28)19-14-20(29-2)18(23)13-21(19)30-3/h5-7,9-10,13-14,16H,8,11-12,15H2,1-4H3,(H,24,26)/t16-/m0/s1. The van der Waals surface area contributed by atoms with Crippen molar-refractivity contribution in [3.05, 3.63) is 53.1 Å². The molecular formula is C22H29ClN2O5S. The highest BCUT2D eigenvalue weighted by Gasteiger charge is 2.23. The lowest BCUT2D eigenvalue weighted by Crippen LogP contribution is -2.33. The highest BCUT2D eigenvalue weighted by atomic mass is 35.5. The van der Waals surface area contributed by atoms with E-state index in [0.717, 1.165) is 11.8 Å². The molecule has 0 radical (unpaired) electrons. The minimum Gasteiger partial charge on any atom is -0.495 e. The third-order valence-corrected chi connectivity index (χ3v) is 6.34. The molecule has 1 N–H and O–H groups in total. The topological polar surface area (TPSA) is 84.9 Å². The van der Waals surface area contributed by atoms with Crippen LogP contribution in [0.3, 0.4) is 0 Å². The van der Waals surface area contributed by atoms with Gasteiger partial charge in [-0.05, 0) is 17.9 Å². The van der Waals surface area contributed by atoms with Crippen LogP contribution in [0.5, 0.6) is 11.5 Å². The number of sulfonamides is 1. The zero-order chi connectivity index (χ0) is 23.0. The summed E-state index contributed by atoms with van der Waals surface area (Å²) >= 11 is 6.12. The molecular weight excluding hydrogens is 440 g/mol. The number of ether oxygens (including phenoxy) is 2. The van der Waals surface area contributed by atoms with Gasteiger partial charge in [-0.2, -0.15) is 0 Å². The summed E-state index contributed by atoms with van der Waals surface area (Å²) in [7, 11) is -0.744. The van der Waals surface area contributed by atoms with Crippen LogP contribution < -0.4 is 19.1 Å². The van der Waals surface area contributed by atoms with E-state index >= 15 is 0 Å². The van der Waals surface area contributed by atoms with Gasteiger partial charge in [0.05, 0.1) is 31.2 Å². The van der Waals surface area contributed by atoms with Crippen molar-refractivity contribution < 1.29 is 22.7 Å². The lowest BCUT2D eigenvalue weighted by Gasteiger charge is -2.25. The molecule has 7 nitrogen and oxygen atoms in total. The monoisotopic (exact) mass is 468 g/mol. The number of amides is 1. The molecule has 2 rings (SSSR count). The van der Waals surface area contributed by atoms with Crippen molar-refractivity contribution in [3.63, 3.8) is 0 Å². The molecule has 0 aliphatic carbocycles. The molecule has 0 heterocycles. The van der Waals surface area contributed by atoms with Crippen molar-refractivity contribution in [3.8, 4) is 11.5 Å². The number of hydrogen-bond donors (Lipinski definition) is 1. The highest BCUT2D eigenvalue weighted by molar-refractivity contribution is 7.92.